The number of aliphatic hydroxyl groups excluding tert-OH is 2. The van der Waals surface area contributed by atoms with Crippen LogP contribution in [0.15, 0.2) is 35.5 Å². The van der Waals surface area contributed by atoms with Crippen molar-refractivity contribution >= 4 is 38.7 Å². The van der Waals surface area contributed by atoms with Crippen molar-refractivity contribution in [3.05, 3.63) is 35.5 Å². The van der Waals surface area contributed by atoms with Crippen molar-refractivity contribution in [2.75, 3.05) is 37.0 Å². The Kier molecular flexibility index (Phi) is 5.97. The predicted molar refractivity (Wildman–Crippen MR) is 123 cm³/mol. The van der Waals surface area contributed by atoms with Crippen molar-refractivity contribution in [1.29, 1.82) is 0 Å². The minimum Gasteiger partial charge on any atom is -0.390 e. The molecule has 2 fully saturated rings. The molecule has 1 saturated heterocycles. The van der Waals surface area contributed by atoms with Crippen LogP contribution in [0.4, 0.5) is 11.6 Å². The first-order chi connectivity index (χ1) is 15.5. The summed E-state index contributed by atoms with van der Waals surface area (Å²) in [7, 11) is 1.60. The maximum absolute atomic E-state index is 10.6. The molecule has 3 aromatic heterocycles. The molecule has 32 heavy (non-hydrogen) atoms. The largest absolute Gasteiger partial charge is 0.390 e. The van der Waals surface area contributed by atoms with Crippen LogP contribution in [0.2, 0.25) is 0 Å². The lowest BCUT2D eigenvalue weighted by atomic mass is 10.1. The normalized spacial score (nSPS) is 28.0. The van der Waals surface area contributed by atoms with E-state index in [1.54, 1.807) is 13.4 Å². The van der Waals surface area contributed by atoms with Crippen LogP contribution < -0.4 is 10.2 Å². The quantitative estimate of drug-likeness (QED) is 0.460. The van der Waals surface area contributed by atoms with E-state index in [0.717, 1.165) is 29.8 Å². The van der Waals surface area contributed by atoms with Crippen molar-refractivity contribution in [2.24, 2.45) is 5.92 Å². The van der Waals surface area contributed by atoms with Gasteiger partial charge in [-0.25, -0.2) is 19.9 Å². The summed E-state index contributed by atoms with van der Waals surface area (Å²) in [5.41, 5.74) is 1.30. The Hall–Kier alpha value is -2.34. The second kappa shape index (κ2) is 8.89. The van der Waals surface area contributed by atoms with Gasteiger partial charge in [0.05, 0.1) is 25.1 Å². The van der Waals surface area contributed by atoms with Crippen LogP contribution in [0.5, 0.6) is 0 Å². The second-order valence-electron chi connectivity index (χ2n) is 8.46. The molecule has 170 valence electrons. The molecule has 3 N–H and O–H groups in total. The van der Waals surface area contributed by atoms with E-state index < -0.39 is 12.2 Å². The van der Waals surface area contributed by atoms with Crippen LogP contribution in [0.3, 0.4) is 0 Å². The number of hydrogen-bond donors (Lipinski definition) is 3. The topological polar surface area (TPSA) is 121 Å². The summed E-state index contributed by atoms with van der Waals surface area (Å²) in [5.74, 6) is 1.49. The molecule has 4 unspecified atom stereocenters. The summed E-state index contributed by atoms with van der Waals surface area (Å²) in [6, 6.07) is 3.89. The van der Waals surface area contributed by atoms with E-state index in [0.29, 0.717) is 30.0 Å². The Balaban J connectivity index is 1.33. The van der Waals surface area contributed by atoms with Gasteiger partial charge in [-0.05, 0) is 40.9 Å². The van der Waals surface area contributed by atoms with Gasteiger partial charge in [0.1, 0.15) is 23.8 Å². The van der Waals surface area contributed by atoms with Gasteiger partial charge in [-0.15, -0.1) is 0 Å². The van der Waals surface area contributed by atoms with Crippen molar-refractivity contribution in [2.45, 2.75) is 37.1 Å². The fourth-order valence-electron chi connectivity index (χ4n) is 4.79. The average Bonchev–Trinajstić information content (AvgIpc) is 3.50. The maximum atomic E-state index is 10.6. The summed E-state index contributed by atoms with van der Waals surface area (Å²) in [6.07, 6.45) is 4.79. The van der Waals surface area contributed by atoms with E-state index in [1.165, 1.54) is 6.33 Å². The molecule has 1 saturated carbocycles. The first-order valence-electron chi connectivity index (χ1n) is 10.7. The summed E-state index contributed by atoms with van der Waals surface area (Å²) >= 11 is 3.43. The zero-order valence-electron chi connectivity index (χ0n) is 17.7. The van der Waals surface area contributed by atoms with Crippen molar-refractivity contribution in [3.8, 4) is 0 Å². The third kappa shape index (κ3) is 3.94. The second-order valence-corrected chi connectivity index (χ2v) is 9.37. The highest BCUT2D eigenvalue weighted by molar-refractivity contribution is 9.10. The molecule has 1 aliphatic carbocycles. The van der Waals surface area contributed by atoms with E-state index in [9.17, 15) is 10.2 Å². The van der Waals surface area contributed by atoms with E-state index in [4.69, 9.17) is 4.74 Å². The van der Waals surface area contributed by atoms with Gasteiger partial charge in [-0.3, -0.25) is 0 Å². The number of fused-ring (bicyclic) bond motifs is 1. The Labute approximate surface area is 193 Å². The van der Waals surface area contributed by atoms with Crippen LogP contribution in [0.25, 0.3) is 11.2 Å². The fraction of sp³-hybridized carbons (Fsp3) is 0.524. The van der Waals surface area contributed by atoms with Gasteiger partial charge in [0.25, 0.3) is 0 Å². The predicted octanol–water partition coefficient (Wildman–Crippen LogP) is 1.60. The lowest BCUT2D eigenvalue weighted by Gasteiger charge is -2.19. The van der Waals surface area contributed by atoms with Gasteiger partial charge in [-0.1, -0.05) is 0 Å². The van der Waals surface area contributed by atoms with Crippen LogP contribution in [0.1, 0.15) is 18.9 Å². The molecule has 10 nitrogen and oxygen atoms in total. The lowest BCUT2D eigenvalue weighted by molar-refractivity contribution is -0.00886. The summed E-state index contributed by atoms with van der Waals surface area (Å²) < 4.78 is 8.00. The number of hydrogen-bond acceptors (Lipinski definition) is 9. The highest BCUT2D eigenvalue weighted by Crippen LogP contribution is 2.37. The van der Waals surface area contributed by atoms with Crippen LogP contribution >= 0.6 is 15.9 Å². The first kappa shape index (κ1) is 21.5. The van der Waals surface area contributed by atoms with Gasteiger partial charge < -0.3 is 29.7 Å². The average molecular weight is 504 g/mol. The third-order valence-corrected chi connectivity index (χ3v) is 6.90. The minimum atomic E-state index is -0.902. The summed E-state index contributed by atoms with van der Waals surface area (Å²) in [4.78, 5) is 20.1. The smallest absolute Gasteiger partial charge is 0.165 e. The fourth-order valence-corrected chi connectivity index (χ4v) is 5.02. The number of anilines is 2. The van der Waals surface area contributed by atoms with E-state index >= 15 is 0 Å². The van der Waals surface area contributed by atoms with Crippen molar-refractivity contribution in [3.63, 3.8) is 0 Å². The molecular weight excluding hydrogens is 478 g/mol. The molecular formula is C21H26BrN7O3. The van der Waals surface area contributed by atoms with Gasteiger partial charge in [0, 0.05) is 42.8 Å². The molecule has 5 atom stereocenters. The number of imidazole rings is 1. The lowest BCUT2D eigenvalue weighted by Crippen LogP contribution is -2.30. The molecule has 0 aromatic carbocycles. The van der Waals surface area contributed by atoms with Crippen molar-refractivity contribution < 1.29 is 14.9 Å². The SMILES string of the molecule is COCC1CC(n2cnc3c(N[C@H]4CCN(c5ccc(Br)cn5)C4)ncnc32)C(O)C1O. The van der Waals surface area contributed by atoms with E-state index in [1.807, 2.05) is 22.9 Å². The highest BCUT2D eigenvalue weighted by Gasteiger charge is 2.43. The Morgan fingerprint density at radius 1 is 1.19 bits per heavy atom. The minimum absolute atomic E-state index is 0.131. The van der Waals surface area contributed by atoms with Gasteiger partial charge in [-0.2, -0.15) is 0 Å². The van der Waals surface area contributed by atoms with Crippen LogP contribution in [-0.2, 0) is 4.74 Å². The van der Waals surface area contributed by atoms with E-state index in [-0.39, 0.29) is 18.0 Å². The summed E-state index contributed by atoms with van der Waals surface area (Å²) in [5, 5.41) is 24.5. The van der Waals surface area contributed by atoms with Crippen LogP contribution in [0, 0.1) is 5.92 Å². The van der Waals surface area contributed by atoms with Gasteiger partial charge in [0.2, 0.25) is 0 Å². The number of nitrogens with one attached hydrogen (secondary N) is 1. The standard InChI is InChI=1S/C21H26BrN7O3/c1-32-9-12-6-15(19(31)18(12)30)29-11-26-17-20(24-10-25-21(17)29)27-14-4-5-28(8-14)16-3-2-13(22)7-23-16/h2-3,7,10-12,14-15,18-19,30-31H,4-6,8-9H2,1H3,(H,24,25,27)/t12?,14-,15?,18?,19?/m0/s1. The molecule has 5 rings (SSSR count). The number of ether oxygens (including phenoxy) is 1. The number of aliphatic hydroxyl groups is 2. The van der Waals surface area contributed by atoms with Crippen LogP contribution in [-0.4, -0.2) is 79.8 Å². The molecule has 0 spiro atoms. The summed E-state index contributed by atoms with van der Waals surface area (Å²) in [6.45, 7) is 2.11. The number of pyridine rings is 1. The monoisotopic (exact) mass is 503 g/mol. The highest BCUT2D eigenvalue weighted by atomic mass is 79.9. The maximum Gasteiger partial charge on any atom is 0.165 e. The van der Waals surface area contributed by atoms with Crippen molar-refractivity contribution in [1.82, 2.24) is 24.5 Å². The zero-order chi connectivity index (χ0) is 22.2. The molecule has 11 heteroatoms. The Morgan fingerprint density at radius 3 is 2.84 bits per heavy atom. The molecule has 0 radical (unpaired) electrons. The number of rotatable bonds is 6. The molecule has 2 aliphatic rings. The molecule has 0 bridgehead atoms. The number of nitrogens with zero attached hydrogens (tertiary/aromatic N) is 6. The number of aromatic nitrogens is 5. The molecule has 0 amide bonds. The number of halogens is 1. The zero-order valence-corrected chi connectivity index (χ0v) is 19.3. The Morgan fingerprint density at radius 2 is 2.06 bits per heavy atom. The third-order valence-electron chi connectivity index (χ3n) is 6.43. The Bertz CT molecular complexity index is 1080. The molecule has 4 heterocycles. The first-order valence-corrected chi connectivity index (χ1v) is 11.5. The molecule has 1 aliphatic heterocycles. The van der Waals surface area contributed by atoms with Gasteiger partial charge >= 0.3 is 0 Å². The number of methoxy groups -OCH3 is 1. The molecule has 3 aromatic rings. The van der Waals surface area contributed by atoms with Gasteiger partial charge in [0.15, 0.2) is 11.5 Å². The van der Waals surface area contributed by atoms with E-state index in [2.05, 4.69) is 46.1 Å².